The van der Waals surface area contributed by atoms with Gasteiger partial charge in [0.05, 0.1) is 56.4 Å². The normalized spacial score (nSPS) is 18.7. The highest BCUT2D eigenvalue weighted by Gasteiger charge is 2.77. The Kier molecular flexibility index (Phi) is 18.3. The molecule has 2 aliphatic rings. The van der Waals surface area contributed by atoms with Crippen molar-refractivity contribution in [2.24, 2.45) is 0 Å². The molecule has 2 heterocycles. The average molecular weight is 817 g/mol. The quantitative estimate of drug-likeness (QED) is 0.0512. The highest BCUT2D eigenvalue weighted by atomic mass is 31.2. The van der Waals surface area contributed by atoms with Crippen LogP contribution >= 0.6 is 22.8 Å². The van der Waals surface area contributed by atoms with Gasteiger partial charge in [-0.25, -0.2) is 0 Å². The van der Waals surface area contributed by atoms with Crippen LogP contribution < -0.4 is 0 Å². The van der Waals surface area contributed by atoms with Gasteiger partial charge in [0, 0.05) is 0 Å². The lowest BCUT2D eigenvalue weighted by Crippen LogP contribution is -2.54. The monoisotopic (exact) mass is 816 g/mol. The Morgan fingerprint density at radius 3 is 0.980 bits per heavy atom. The van der Waals surface area contributed by atoms with Crippen LogP contribution in [0.2, 0.25) is 0 Å². The molecule has 294 valence electrons. The lowest BCUT2D eigenvalue weighted by atomic mass is 10.5. The van der Waals surface area contributed by atoms with Crippen molar-refractivity contribution in [3.05, 3.63) is 0 Å². The number of rotatable bonds is 25. The molecule has 0 aromatic heterocycles. The molecule has 2 fully saturated rings. The smallest absolute Gasteiger partial charge is 0.380 e. The van der Waals surface area contributed by atoms with Gasteiger partial charge in [-0.15, -0.1) is 0 Å². The average Bonchev–Trinajstić information content (AvgIpc) is 2.89. The first-order chi connectivity index (χ1) is 23.0. The standard InChI is InChI=1S/3C9H21O6P.2Al/c3*1-6-13-9(14-7(2)3,15-8(4)5)16(10,11)12;;/h3*7-8H,6H2,1-5H3,(H2,10,11,12);;/q;;;2*+3/p-6. The molecular formula is C27H57Al2O18P3. The molecule has 2 saturated heterocycles. The van der Waals surface area contributed by atoms with E-state index >= 15 is 4.57 Å². The molecule has 2 rings (SSSR count). The summed E-state index contributed by atoms with van der Waals surface area (Å²) in [5.74, 6) is 0. The largest absolute Gasteiger partial charge is 0.926 e. The van der Waals surface area contributed by atoms with E-state index in [-0.39, 0.29) is 19.8 Å². The van der Waals surface area contributed by atoms with E-state index < -0.39 is 107 Å². The molecule has 0 aliphatic carbocycles. The van der Waals surface area contributed by atoms with Gasteiger partial charge >= 0.3 is 70.2 Å². The van der Waals surface area contributed by atoms with Crippen molar-refractivity contribution in [1.29, 1.82) is 0 Å². The van der Waals surface area contributed by atoms with Crippen molar-refractivity contribution in [1.82, 2.24) is 0 Å². The van der Waals surface area contributed by atoms with E-state index in [0.29, 0.717) is 0 Å². The first-order valence-electron chi connectivity index (χ1n) is 16.9. The van der Waals surface area contributed by atoms with E-state index in [4.69, 9.17) is 64.1 Å². The minimum atomic E-state index is -5.02. The Labute approximate surface area is 307 Å². The Morgan fingerprint density at radius 2 is 0.760 bits per heavy atom. The summed E-state index contributed by atoms with van der Waals surface area (Å²) >= 11 is -7.42. The van der Waals surface area contributed by atoms with Crippen molar-refractivity contribution < 1.29 is 77.8 Å². The van der Waals surface area contributed by atoms with Crippen LogP contribution in [0.5, 0.6) is 0 Å². The van der Waals surface area contributed by atoms with Crippen molar-refractivity contribution >= 4 is 53.1 Å². The topological polar surface area (TPSA) is 190 Å². The van der Waals surface area contributed by atoms with Crippen molar-refractivity contribution in [2.45, 2.75) is 158 Å². The molecule has 0 amide bonds. The number of hydrogen-bond acceptors (Lipinski definition) is 18. The van der Waals surface area contributed by atoms with Crippen LogP contribution in [0.4, 0.5) is 0 Å². The zero-order valence-corrected chi connectivity index (χ0v) is 36.9. The summed E-state index contributed by atoms with van der Waals surface area (Å²) in [6, 6.07) is 0. The van der Waals surface area contributed by atoms with E-state index in [9.17, 15) is 9.13 Å². The van der Waals surface area contributed by atoms with Gasteiger partial charge in [-0.1, -0.05) is 0 Å². The summed E-state index contributed by atoms with van der Waals surface area (Å²) in [5.41, 5.74) is -7.08. The molecule has 0 spiro atoms. The lowest BCUT2D eigenvalue weighted by Gasteiger charge is -2.48. The molecule has 0 aromatic carbocycles. The van der Waals surface area contributed by atoms with Crippen LogP contribution in [0.3, 0.4) is 0 Å². The Bertz CT molecular complexity index is 1080. The summed E-state index contributed by atoms with van der Waals surface area (Å²) < 4.78 is 131. The van der Waals surface area contributed by atoms with Gasteiger partial charge in [-0.05, 0) is 104 Å². The van der Waals surface area contributed by atoms with E-state index in [2.05, 4.69) is 0 Å². The Hall–Kier alpha value is 1.15. The Balaban J connectivity index is 2.57. The molecular weight excluding hydrogens is 759 g/mol. The maximum absolute atomic E-state index is 15.1. The molecule has 0 saturated carbocycles. The van der Waals surface area contributed by atoms with Crippen LogP contribution in [-0.4, -0.2) is 104 Å². The van der Waals surface area contributed by atoms with Crippen LogP contribution in [0.1, 0.15) is 104 Å². The van der Waals surface area contributed by atoms with Crippen molar-refractivity contribution in [3.8, 4) is 0 Å². The highest BCUT2D eigenvalue weighted by Crippen LogP contribution is 2.75. The van der Waals surface area contributed by atoms with Gasteiger partial charge in [-0.2, -0.15) is 0 Å². The van der Waals surface area contributed by atoms with Gasteiger partial charge in [0.2, 0.25) is 0 Å². The second-order valence-electron chi connectivity index (χ2n) is 12.6. The summed E-state index contributed by atoms with van der Waals surface area (Å²) in [5, 5.41) is 0. The van der Waals surface area contributed by atoms with E-state index in [0.717, 1.165) is 0 Å². The lowest BCUT2D eigenvalue weighted by molar-refractivity contribution is -0.356. The summed E-state index contributed by atoms with van der Waals surface area (Å²) in [6.07, 6.45) is -3.54. The number of ether oxygens (including phenoxy) is 9. The zero-order valence-electron chi connectivity index (χ0n) is 31.9. The third kappa shape index (κ3) is 11.4. The molecule has 50 heavy (non-hydrogen) atoms. The molecule has 18 nitrogen and oxygen atoms in total. The molecule has 0 unspecified atom stereocenters. The fourth-order valence-electron chi connectivity index (χ4n) is 4.43. The fourth-order valence-corrected chi connectivity index (χ4v) is 18.6. The molecule has 0 bridgehead atoms. The van der Waals surface area contributed by atoms with Crippen LogP contribution in [0.15, 0.2) is 0 Å². The first kappa shape index (κ1) is 47.3. The van der Waals surface area contributed by atoms with Crippen molar-refractivity contribution in [3.63, 3.8) is 0 Å². The van der Waals surface area contributed by atoms with Crippen molar-refractivity contribution in [2.75, 3.05) is 19.8 Å². The van der Waals surface area contributed by atoms with Crippen LogP contribution in [0, 0.1) is 0 Å². The van der Waals surface area contributed by atoms with Crippen LogP contribution in [-0.2, 0) is 77.8 Å². The minimum Gasteiger partial charge on any atom is -0.380 e. The predicted octanol–water partition coefficient (Wildman–Crippen LogP) is 7.16. The summed E-state index contributed by atoms with van der Waals surface area (Å²) in [6.45, 7) is 24.8. The first-order valence-corrected chi connectivity index (χ1v) is 24.4. The molecule has 0 atom stereocenters. The van der Waals surface area contributed by atoms with Crippen LogP contribution in [0.25, 0.3) is 0 Å². The van der Waals surface area contributed by atoms with E-state index in [1.54, 1.807) is 104 Å². The van der Waals surface area contributed by atoms with Gasteiger partial charge in [-0.3, -0.25) is 13.7 Å². The second-order valence-corrected chi connectivity index (χ2v) is 23.4. The predicted molar refractivity (Wildman–Crippen MR) is 181 cm³/mol. The maximum atomic E-state index is 15.1. The highest BCUT2D eigenvalue weighted by molar-refractivity contribution is 7.63. The molecule has 0 aromatic rings. The SMILES string of the molecule is CCOC(OC(C)C)(OC(C)C)P1(=O)[O][Al]([O]P(=O)([O][Al]2[O]P(=O)(C(OCC)(OC(C)C)OC(C)C)[O]2)C(OCC)(OC(C)C)OC(C)C)[O]1. The van der Waals surface area contributed by atoms with Gasteiger partial charge in [0.1, 0.15) is 0 Å². The second kappa shape index (κ2) is 19.3. The molecule has 2 aliphatic heterocycles. The summed E-state index contributed by atoms with van der Waals surface area (Å²) in [4.78, 5) is 0. The van der Waals surface area contributed by atoms with Gasteiger partial charge < -0.3 is 64.1 Å². The van der Waals surface area contributed by atoms with Gasteiger partial charge in [0.15, 0.2) is 0 Å². The van der Waals surface area contributed by atoms with Gasteiger partial charge in [0.25, 0.3) is 0 Å². The molecule has 0 radical (unpaired) electrons. The third-order valence-corrected chi connectivity index (χ3v) is 19.5. The summed E-state index contributed by atoms with van der Waals surface area (Å²) in [7, 11) is -13.8. The third-order valence-electron chi connectivity index (χ3n) is 5.64. The Morgan fingerprint density at radius 1 is 0.500 bits per heavy atom. The minimum absolute atomic E-state index is 0.00897. The van der Waals surface area contributed by atoms with E-state index in [1.165, 1.54) is 0 Å². The molecule has 23 heteroatoms. The maximum Gasteiger partial charge on any atom is 0.926 e. The zero-order chi connectivity index (χ0) is 38.3. The van der Waals surface area contributed by atoms with E-state index in [1.807, 2.05) is 0 Å². The number of hydrogen-bond donors (Lipinski definition) is 0. The fraction of sp³-hybridized carbons (Fsp3) is 1.00. The molecule has 0 N–H and O–H groups in total.